The predicted octanol–water partition coefficient (Wildman–Crippen LogP) is 2.03. The Balaban J connectivity index is 2.57. The van der Waals surface area contributed by atoms with Crippen molar-refractivity contribution in [1.29, 1.82) is 0 Å². The number of ether oxygens (including phenoxy) is 1. The first kappa shape index (κ1) is 15.8. The van der Waals surface area contributed by atoms with Gasteiger partial charge in [-0.1, -0.05) is 6.92 Å². The van der Waals surface area contributed by atoms with Crippen LogP contribution in [-0.2, 0) is 9.53 Å². The lowest BCUT2D eigenvalue weighted by Gasteiger charge is -2.11. The lowest BCUT2D eigenvalue weighted by Crippen LogP contribution is -2.35. The topological polar surface area (TPSA) is 67.4 Å². The second-order valence-electron chi connectivity index (χ2n) is 4.01. The first-order chi connectivity index (χ1) is 9.35. The highest BCUT2D eigenvalue weighted by Gasteiger charge is 2.15. The van der Waals surface area contributed by atoms with E-state index in [0.717, 1.165) is 0 Å². The van der Waals surface area contributed by atoms with Gasteiger partial charge in [0.05, 0.1) is 13.0 Å². The maximum Gasteiger partial charge on any atom is 0.319 e. The van der Waals surface area contributed by atoms with Gasteiger partial charge in [-0.25, -0.2) is 18.0 Å². The van der Waals surface area contributed by atoms with Gasteiger partial charge in [-0.3, -0.25) is 4.79 Å². The minimum atomic E-state index is -1.62. The summed E-state index contributed by atoms with van der Waals surface area (Å²) in [4.78, 5) is 22.5. The zero-order valence-corrected chi connectivity index (χ0v) is 10.8. The molecule has 0 aliphatic heterocycles. The summed E-state index contributed by atoms with van der Waals surface area (Å²) in [6.07, 6.45) is 0. The van der Waals surface area contributed by atoms with E-state index < -0.39 is 35.4 Å². The third kappa shape index (κ3) is 4.15. The summed E-state index contributed by atoms with van der Waals surface area (Å²) in [6.45, 7) is 1.51. The van der Waals surface area contributed by atoms with Crippen molar-refractivity contribution in [2.45, 2.75) is 6.92 Å². The van der Waals surface area contributed by atoms with E-state index in [9.17, 15) is 22.8 Å². The molecule has 0 spiro atoms. The van der Waals surface area contributed by atoms with Gasteiger partial charge in [-0.2, -0.15) is 0 Å². The highest BCUT2D eigenvalue weighted by molar-refractivity contribution is 5.89. The number of carbonyl (C=O) groups is 2. The van der Waals surface area contributed by atoms with Gasteiger partial charge in [0.1, 0.15) is 0 Å². The van der Waals surface area contributed by atoms with Crippen molar-refractivity contribution in [3.63, 3.8) is 0 Å². The van der Waals surface area contributed by atoms with E-state index in [4.69, 9.17) is 0 Å². The van der Waals surface area contributed by atoms with Crippen LogP contribution >= 0.6 is 0 Å². The molecule has 0 unspecified atom stereocenters. The van der Waals surface area contributed by atoms with Crippen LogP contribution in [0.5, 0.6) is 0 Å². The number of esters is 1. The minimum Gasteiger partial charge on any atom is -0.469 e. The number of anilines is 1. The number of hydrogen-bond acceptors (Lipinski definition) is 3. The Morgan fingerprint density at radius 2 is 1.80 bits per heavy atom. The van der Waals surface area contributed by atoms with E-state index in [1.54, 1.807) is 0 Å². The number of benzene rings is 1. The minimum absolute atomic E-state index is 0.0231. The first-order valence-corrected chi connectivity index (χ1v) is 5.62. The van der Waals surface area contributed by atoms with E-state index >= 15 is 0 Å². The van der Waals surface area contributed by atoms with Gasteiger partial charge in [0, 0.05) is 24.4 Å². The molecule has 0 aliphatic rings. The summed E-state index contributed by atoms with van der Waals surface area (Å²) in [7, 11) is 1.21. The van der Waals surface area contributed by atoms with Crippen molar-refractivity contribution in [1.82, 2.24) is 5.32 Å². The molecular weight excluding hydrogens is 277 g/mol. The maximum atomic E-state index is 12.9. The zero-order valence-electron chi connectivity index (χ0n) is 10.8. The molecule has 2 amide bonds. The van der Waals surface area contributed by atoms with Crippen molar-refractivity contribution in [2.24, 2.45) is 5.92 Å². The number of carbonyl (C=O) groups excluding carboxylic acids is 2. The van der Waals surface area contributed by atoms with Crippen molar-refractivity contribution >= 4 is 17.7 Å². The number of amides is 2. The molecule has 0 fully saturated rings. The molecule has 0 saturated heterocycles. The molecule has 0 bridgehead atoms. The van der Waals surface area contributed by atoms with Gasteiger partial charge in [0.15, 0.2) is 17.5 Å². The standard InChI is InChI=1S/C12H13F3N2O3/c1-6(11(18)20-2)5-16-12(19)17-7-3-8(13)10(15)9(14)4-7/h3-4,6H,5H2,1-2H3,(H2,16,17,19)/t6-/m0/s1. The van der Waals surface area contributed by atoms with Crippen LogP contribution in [-0.4, -0.2) is 25.7 Å². The van der Waals surface area contributed by atoms with Crippen LogP contribution in [0.2, 0.25) is 0 Å². The second-order valence-corrected chi connectivity index (χ2v) is 4.01. The maximum absolute atomic E-state index is 12.9. The fraction of sp³-hybridized carbons (Fsp3) is 0.333. The van der Waals surface area contributed by atoms with Gasteiger partial charge in [-0.15, -0.1) is 0 Å². The summed E-state index contributed by atoms with van der Waals surface area (Å²) in [5.41, 5.74) is -0.246. The van der Waals surface area contributed by atoms with Crippen LogP contribution in [0.4, 0.5) is 23.7 Å². The van der Waals surface area contributed by atoms with Crippen LogP contribution in [0.25, 0.3) is 0 Å². The average Bonchev–Trinajstić information content (AvgIpc) is 2.41. The quantitative estimate of drug-likeness (QED) is 0.658. The van der Waals surface area contributed by atoms with Crippen LogP contribution < -0.4 is 10.6 Å². The van der Waals surface area contributed by atoms with E-state index in [1.165, 1.54) is 14.0 Å². The lowest BCUT2D eigenvalue weighted by atomic mass is 10.2. The second kappa shape index (κ2) is 6.78. The van der Waals surface area contributed by atoms with Crippen molar-refractivity contribution in [3.05, 3.63) is 29.6 Å². The Hall–Kier alpha value is -2.25. The number of hydrogen-bond donors (Lipinski definition) is 2. The summed E-state index contributed by atoms with van der Waals surface area (Å²) in [5.74, 6) is -5.53. The first-order valence-electron chi connectivity index (χ1n) is 5.62. The molecule has 5 nitrogen and oxygen atoms in total. The van der Waals surface area contributed by atoms with E-state index in [1.807, 2.05) is 0 Å². The summed E-state index contributed by atoms with van der Waals surface area (Å²) >= 11 is 0. The Kier molecular flexibility index (Phi) is 5.36. The van der Waals surface area contributed by atoms with Gasteiger partial charge in [0.25, 0.3) is 0 Å². The molecule has 0 heterocycles. The molecule has 8 heteroatoms. The number of rotatable bonds is 4. The summed E-state index contributed by atoms with van der Waals surface area (Å²) in [6, 6.07) is 0.495. The number of halogens is 3. The smallest absolute Gasteiger partial charge is 0.319 e. The summed E-state index contributed by atoms with van der Waals surface area (Å²) < 4.78 is 43.0. The SMILES string of the molecule is COC(=O)[C@@H](C)CNC(=O)Nc1cc(F)c(F)c(F)c1. The molecule has 1 aromatic carbocycles. The van der Waals surface area contributed by atoms with E-state index in [0.29, 0.717) is 12.1 Å². The molecule has 0 aliphatic carbocycles. The molecule has 0 radical (unpaired) electrons. The number of methoxy groups -OCH3 is 1. The molecule has 2 N–H and O–H groups in total. The fourth-order valence-corrected chi connectivity index (χ4v) is 1.33. The Labute approximate surface area is 113 Å². The van der Waals surface area contributed by atoms with E-state index in [2.05, 4.69) is 15.4 Å². The highest BCUT2D eigenvalue weighted by Crippen LogP contribution is 2.17. The van der Waals surface area contributed by atoms with Gasteiger partial charge >= 0.3 is 12.0 Å². The van der Waals surface area contributed by atoms with Crippen LogP contribution in [0.15, 0.2) is 12.1 Å². The van der Waals surface area contributed by atoms with Gasteiger partial charge < -0.3 is 15.4 Å². The fourth-order valence-electron chi connectivity index (χ4n) is 1.33. The average molecular weight is 290 g/mol. The molecule has 1 atom stereocenters. The van der Waals surface area contributed by atoms with Crippen LogP contribution in [0, 0.1) is 23.4 Å². The molecule has 0 saturated carbocycles. The van der Waals surface area contributed by atoms with Crippen LogP contribution in [0.3, 0.4) is 0 Å². The highest BCUT2D eigenvalue weighted by atomic mass is 19.2. The molecule has 20 heavy (non-hydrogen) atoms. The molecule has 110 valence electrons. The third-order valence-corrected chi connectivity index (χ3v) is 2.41. The molecule has 1 aromatic rings. The Morgan fingerprint density at radius 3 is 2.30 bits per heavy atom. The molecule has 0 aromatic heterocycles. The molecular formula is C12H13F3N2O3. The Morgan fingerprint density at radius 1 is 1.25 bits per heavy atom. The zero-order chi connectivity index (χ0) is 15.3. The van der Waals surface area contributed by atoms with E-state index in [-0.39, 0.29) is 12.2 Å². The van der Waals surface area contributed by atoms with Crippen molar-refractivity contribution in [2.75, 3.05) is 19.0 Å². The van der Waals surface area contributed by atoms with Gasteiger partial charge in [0.2, 0.25) is 0 Å². The number of nitrogens with one attached hydrogen (secondary N) is 2. The Bertz CT molecular complexity index is 500. The normalized spacial score (nSPS) is 11.7. The lowest BCUT2D eigenvalue weighted by molar-refractivity contribution is -0.144. The monoisotopic (exact) mass is 290 g/mol. The predicted molar refractivity (Wildman–Crippen MR) is 64.5 cm³/mol. The van der Waals surface area contributed by atoms with Crippen LogP contribution in [0.1, 0.15) is 6.92 Å². The largest absolute Gasteiger partial charge is 0.469 e. The third-order valence-electron chi connectivity index (χ3n) is 2.41. The number of urea groups is 1. The summed E-state index contributed by atoms with van der Waals surface area (Å²) in [5, 5.41) is 4.42. The van der Waals surface area contributed by atoms with Gasteiger partial charge in [-0.05, 0) is 0 Å². The molecule has 1 rings (SSSR count). The van der Waals surface area contributed by atoms with Crippen molar-refractivity contribution in [3.8, 4) is 0 Å². The van der Waals surface area contributed by atoms with Crippen molar-refractivity contribution < 1.29 is 27.5 Å².